The van der Waals surface area contributed by atoms with Crippen LogP contribution < -0.4 is 0 Å². The van der Waals surface area contributed by atoms with Crippen molar-refractivity contribution in [1.29, 1.82) is 0 Å². The van der Waals surface area contributed by atoms with Crippen LogP contribution in [-0.2, 0) is 13.2 Å². The first-order valence-electron chi connectivity index (χ1n) is 6.57. The number of aromatic nitrogens is 2. The zero-order chi connectivity index (χ0) is 13.9. The first kappa shape index (κ1) is 12.8. The second-order valence-corrected chi connectivity index (χ2v) is 4.71. The Morgan fingerprint density at radius 2 is 1.70 bits per heavy atom. The number of aliphatic hydroxyl groups excluding tert-OH is 2. The molecule has 3 aromatic rings. The van der Waals surface area contributed by atoms with Crippen LogP contribution in [0.5, 0.6) is 0 Å². The van der Waals surface area contributed by atoms with Crippen molar-refractivity contribution < 1.29 is 10.2 Å². The highest BCUT2D eigenvalue weighted by Gasteiger charge is 2.14. The number of imidazole rings is 1. The van der Waals surface area contributed by atoms with E-state index in [4.69, 9.17) is 0 Å². The molecule has 0 saturated heterocycles. The molecule has 0 unspecified atom stereocenters. The van der Waals surface area contributed by atoms with Crippen LogP contribution in [0.1, 0.15) is 17.5 Å². The van der Waals surface area contributed by atoms with Gasteiger partial charge in [-0.2, -0.15) is 0 Å². The van der Waals surface area contributed by atoms with Gasteiger partial charge in [-0.05, 0) is 17.7 Å². The molecule has 0 saturated carbocycles. The van der Waals surface area contributed by atoms with Gasteiger partial charge in [-0.25, -0.2) is 4.98 Å². The minimum atomic E-state index is -0.626. The van der Waals surface area contributed by atoms with Crippen molar-refractivity contribution in [2.75, 3.05) is 0 Å². The summed E-state index contributed by atoms with van der Waals surface area (Å²) in [5.41, 5.74) is 2.61. The van der Waals surface area contributed by atoms with Crippen molar-refractivity contribution in [3.63, 3.8) is 0 Å². The Morgan fingerprint density at radius 1 is 1.00 bits per heavy atom. The summed E-state index contributed by atoms with van der Waals surface area (Å²) in [7, 11) is 0. The molecule has 0 fully saturated rings. The largest absolute Gasteiger partial charge is 0.388 e. The summed E-state index contributed by atoms with van der Waals surface area (Å²) in [6.45, 7) is 0.233. The van der Waals surface area contributed by atoms with Crippen LogP contribution in [0.3, 0.4) is 0 Å². The van der Waals surface area contributed by atoms with E-state index >= 15 is 0 Å². The Morgan fingerprint density at radius 3 is 2.45 bits per heavy atom. The standard InChI is InChI=1S/C16H16N2O2/c19-11-16-17-13-8-4-5-9-14(13)18(16)10-15(20)12-6-2-1-3-7-12/h1-9,15,19-20H,10-11H2/t15-/m0/s1. The fraction of sp³-hybridized carbons (Fsp3) is 0.188. The molecule has 0 radical (unpaired) electrons. The minimum Gasteiger partial charge on any atom is -0.388 e. The van der Waals surface area contributed by atoms with Gasteiger partial charge in [0.05, 0.1) is 23.7 Å². The summed E-state index contributed by atoms with van der Waals surface area (Å²) in [5, 5.41) is 19.8. The Balaban J connectivity index is 1.98. The van der Waals surface area contributed by atoms with E-state index in [1.807, 2.05) is 59.2 Å². The van der Waals surface area contributed by atoms with Gasteiger partial charge in [0.1, 0.15) is 12.4 Å². The Bertz CT molecular complexity index is 707. The van der Waals surface area contributed by atoms with Crippen molar-refractivity contribution in [2.45, 2.75) is 19.3 Å². The SMILES string of the molecule is OCc1nc2ccccc2n1C[C@H](O)c1ccccc1. The minimum absolute atomic E-state index is 0.143. The first-order chi connectivity index (χ1) is 9.79. The summed E-state index contributed by atoms with van der Waals surface area (Å²) < 4.78 is 1.87. The number of benzene rings is 2. The second kappa shape index (κ2) is 5.45. The molecule has 0 aliphatic rings. The van der Waals surface area contributed by atoms with E-state index in [1.54, 1.807) is 0 Å². The molecule has 2 N–H and O–H groups in total. The maximum atomic E-state index is 10.3. The summed E-state index contributed by atoms with van der Waals surface area (Å²) in [4.78, 5) is 4.38. The Kier molecular flexibility index (Phi) is 3.50. The van der Waals surface area contributed by atoms with Crippen molar-refractivity contribution >= 4 is 11.0 Å². The molecule has 0 aliphatic heterocycles. The lowest BCUT2D eigenvalue weighted by molar-refractivity contribution is 0.153. The van der Waals surface area contributed by atoms with Gasteiger partial charge in [0.15, 0.2) is 0 Å². The third-order valence-electron chi connectivity index (χ3n) is 3.41. The van der Waals surface area contributed by atoms with Gasteiger partial charge < -0.3 is 14.8 Å². The maximum absolute atomic E-state index is 10.3. The zero-order valence-corrected chi connectivity index (χ0v) is 11.0. The van der Waals surface area contributed by atoms with E-state index in [0.29, 0.717) is 12.4 Å². The molecule has 1 atom stereocenters. The summed E-state index contributed by atoms with van der Waals surface area (Å²) in [6.07, 6.45) is -0.626. The highest BCUT2D eigenvalue weighted by Crippen LogP contribution is 2.21. The van der Waals surface area contributed by atoms with Crippen LogP contribution in [0, 0.1) is 0 Å². The quantitative estimate of drug-likeness (QED) is 0.763. The molecule has 0 spiro atoms. The normalized spacial score (nSPS) is 12.7. The highest BCUT2D eigenvalue weighted by atomic mass is 16.3. The van der Waals surface area contributed by atoms with E-state index in [9.17, 15) is 10.2 Å². The van der Waals surface area contributed by atoms with Gasteiger partial charge in [0.25, 0.3) is 0 Å². The third-order valence-corrected chi connectivity index (χ3v) is 3.41. The lowest BCUT2D eigenvalue weighted by atomic mass is 10.1. The molecular weight excluding hydrogens is 252 g/mol. The van der Waals surface area contributed by atoms with Crippen LogP contribution in [0.2, 0.25) is 0 Å². The molecular formula is C16H16N2O2. The smallest absolute Gasteiger partial charge is 0.135 e. The number of nitrogens with zero attached hydrogens (tertiary/aromatic N) is 2. The van der Waals surface area contributed by atoms with Gasteiger partial charge in [-0.1, -0.05) is 42.5 Å². The molecule has 0 bridgehead atoms. The molecule has 102 valence electrons. The summed E-state index contributed by atoms with van der Waals surface area (Å²) in [5.74, 6) is 0.571. The lowest BCUT2D eigenvalue weighted by Gasteiger charge is -2.14. The van der Waals surface area contributed by atoms with E-state index < -0.39 is 6.10 Å². The topological polar surface area (TPSA) is 58.3 Å². The van der Waals surface area contributed by atoms with Crippen molar-refractivity contribution in [1.82, 2.24) is 9.55 Å². The molecule has 4 nitrogen and oxygen atoms in total. The molecule has 0 amide bonds. The monoisotopic (exact) mass is 268 g/mol. The van der Waals surface area contributed by atoms with Crippen molar-refractivity contribution in [2.24, 2.45) is 0 Å². The van der Waals surface area contributed by atoms with Crippen LogP contribution in [0.4, 0.5) is 0 Å². The van der Waals surface area contributed by atoms with Crippen molar-refractivity contribution in [3.8, 4) is 0 Å². The molecule has 3 rings (SSSR count). The average Bonchev–Trinajstić information content (AvgIpc) is 2.86. The van der Waals surface area contributed by atoms with E-state index in [-0.39, 0.29) is 6.61 Å². The van der Waals surface area contributed by atoms with Gasteiger partial charge in [-0.15, -0.1) is 0 Å². The average molecular weight is 268 g/mol. The third kappa shape index (κ3) is 2.31. The fourth-order valence-electron chi connectivity index (χ4n) is 2.40. The highest BCUT2D eigenvalue weighted by molar-refractivity contribution is 5.75. The van der Waals surface area contributed by atoms with Crippen molar-refractivity contribution in [3.05, 3.63) is 66.0 Å². The van der Waals surface area contributed by atoms with E-state index in [0.717, 1.165) is 16.6 Å². The number of hydrogen-bond acceptors (Lipinski definition) is 3. The predicted molar refractivity (Wildman–Crippen MR) is 77.1 cm³/mol. The van der Waals surface area contributed by atoms with Gasteiger partial charge >= 0.3 is 0 Å². The lowest BCUT2D eigenvalue weighted by Crippen LogP contribution is -2.11. The van der Waals surface area contributed by atoms with E-state index in [1.165, 1.54) is 0 Å². The molecule has 2 aromatic carbocycles. The number of rotatable bonds is 4. The molecule has 4 heteroatoms. The molecule has 20 heavy (non-hydrogen) atoms. The van der Waals surface area contributed by atoms with Crippen LogP contribution in [0.15, 0.2) is 54.6 Å². The Labute approximate surface area is 116 Å². The molecule has 1 heterocycles. The zero-order valence-electron chi connectivity index (χ0n) is 11.0. The predicted octanol–water partition coefficient (Wildman–Crippen LogP) is 2.26. The first-order valence-corrected chi connectivity index (χ1v) is 6.57. The Hall–Kier alpha value is -2.17. The summed E-state index contributed by atoms with van der Waals surface area (Å²) in [6, 6.07) is 17.2. The second-order valence-electron chi connectivity index (χ2n) is 4.71. The van der Waals surface area contributed by atoms with Crippen LogP contribution in [0.25, 0.3) is 11.0 Å². The van der Waals surface area contributed by atoms with Gasteiger partial charge in [0.2, 0.25) is 0 Å². The van der Waals surface area contributed by atoms with Gasteiger partial charge in [-0.3, -0.25) is 0 Å². The maximum Gasteiger partial charge on any atom is 0.135 e. The van der Waals surface area contributed by atoms with Gasteiger partial charge in [0, 0.05) is 0 Å². The molecule has 1 aromatic heterocycles. The summed E-state index contributed by atoms with van der Waals surface area (Å²) >= 11 is 0. The fourth-order valence-corrected chi connectivity index (χ4v) is 2.40. The van der Waals surface area contributed by atoms with E-state index in [2.05, 4.69) is 4.98 Å². The number of para-hydroxylation sites is 2. The number of aliphatic hydroxyl groups is 2. The molecule has 0 aliphatic carbocycles. The number of fused-ring (bicyclic) bond motifs is 1. The number of hydrogen-bond donors (Lipinski definition) is 2. The van der Waals surface area contributed by atoms with Crippen LogP contribution >= 0.6 is 0 Å². The van der Waals surface area contributed by atoms with Crippen LogP contribution in [-0.4, -0.2) is 19.8 Å².